The summed E-state index contributed by atoms with van der Waals surface area (Å²) in [6.45, 7) is 4.80. The maximum absolute atomic E-state index is 11.9. The molecule has 0 spiro atoms. The van der Waals surface area contributed by atoms with E-state index in [1.54, 1.807) is 6.92 Å². The Kier molecular flexibility index (Phi) is 6.01. The quantitative estimate of drug-likeness (QED) is 0.611. The number of nitrogens with zero attached hydrogens (tertiary/aromatic N) is 1. The van der Waals surface area contributed by atoms with Gasteiger partial charge in [-0.1, -0.05) is 13.3 Å². The zero-order valence-electron chi connectivity index (χ0n) is 10.9. The van der Waals surface area contributed by atoms with Crippen LogP contribution in [0.2, 0.25) is 0 Å². The number of hydrogen-bond acceptors (Lipinski definition) is 3. The van der Waals surface area contributed by atoms with Gasteiger partial charge in [-0.05, 0) is 26.2 Å². The Morgan fingerprint density at radius 2 is 1.94 bits per heavy atom. The average molecular weight is 241 g/mol. The number of unbranched alkanes of at least 4 members (excludes halogenated alkanes) is 1. The monoisotopic (exact) mass is 241 g/mol. The molecule has 1 saturated carbocycles. The third-order valence-electron chi connectivity index (χ3n) is 2.91. The second-order valence-electron chi connectivity index (χ2n) is 4.48. The molecule has 0 radical (unpaired) electrons. The number of amides is 1. The first-order chi connectivity index (χ1) is 8.19. The number of esters is 1. The Labute approximate surface area is 103 Å². The van der Waals surface area contributed by atoms with Crippen LogP contribution in [0.1, 0.15) is 52.4 Å². The largest absolute Gasteiger partial charge is 0.466 e. The fraction of sp³-hybridized carbons (Fsp3) is 0.846. The predicted octanol–water partition coefficient (Wildman–Crippen LogP) is 2.12. The Balaban J connectivity index is 2.32. The minimum Gasteiger partial charge on any atom is -0.466 e. The average Bonchev–Trinajstić information content (AvgIpc) is 3.11. The van der Waals surface area contributed by atoms with E-state index in [2.05, 4.69) is 6.92 Å². The smallest absolute Gasteiger partial charge is 0.307 e. The molecule has 0 atom stereocenters. The molecule has 0 unspecified atom stereocenters. The van der Waals surface area contributed by atoms with Gasteiger partial charge in [0.2, 0.25) is 5.91 Å². The van der Waals surface area contributed by atoms with E-state index >= 15 is 0 Å². The van der Waals surface area contributed by atoms with Crippen molar-refractivity contribution in [3.8, 4) is 0 Å². The summed E-state index contributed by atoms with van der Waals surface area (Å²) in [7, 11) is 0. The first-order valence-corrected chi connectivity index (χ1v) is 6.64. The van der Waals surface area contributed by atoms with Gasteiger partial charge in [0.05, 0.1) is 13.0 Å². The minimum atomic E-state index is -0.207. The van der Waals surface area contributed by atoms with Gasteiger partial charge in [0.15, 0.2) is 0 Å². The highest BCUT2D eigenvalue weighted by atomic mass is 16.5. The summed E-state index contributed by atoms with van der Waals surface area (Å²) >= 11 is 0. The van der Waals surface area contributed by atoms with E-state index < -0.39 is 0 Å². The van der Waals surface area contributed by atoms with E-state index in [4.69, 9.17) is 4.74 Å². The van der Waals surface area contributed by atoms with Crippen molar-refractivity contribution in [2.45, 2.75) is 58.4 Å². The molecule has 0 saturated heterocycles. The van der Waals surface area contributed by atoms with Gasteiger partial charge in [0, 0.05) is 19.0 Å². The van der Waals surface area contributed by atoms with Gasteiger partial charge in [0.25, 0.3) is 0 Å². The number of hydrogen-bond donors (Lipinski definition) is 0. The van der Waals surface area contributed by atoms with Gasteiger partial charge in [-0.3, -0.25) is 9.59 Å². The SMILES string of the molecule is CCCCC(=O)N(CCC(=O)OCC)C1CC1. The summed E-state index contributed by atoms with van der Waals surface area (Å²) in [6, 6.07) is 0.383. The number of carbonyl (C=O) groups is 2. The van der Waals surface area contributed by atoms with Crippen molar-refractivity contribution < 1.29 is 14.3 Å². The molecular formula is C13H23NO3. The minimum absolute atomic E-state index is 0.193. The third kappa shape index (κ3) is 5.20. The first-order valence-electron chi connectivity index (χ1n) is 6.64. The summed E-state index contributed by atoms with van der Waals surface area (Å²) in [5.41, 5.74) is 0. The molecule has 0 aromatic heterocycles. The van der Waals surface area contributed by atoms with Crippen LogP contribution in [-0.2, 0) is 14.3 Å². The topological polar surface area (TPSA) is 46.6 Å². The maximum atomic E-state index is 11.9. The molecule has 17 heavy (non-hydrogen) atoms. The van der Waals surface area contributed by atoms with Crippen LogP contribution in [0.3, 0.4) is 0 Å². The lowest BCUT2D eigenvalue weighted by atomic mass is 10.2. The zero-order chi connectivity index (χ0) is 12.7. The molecule has 1 aliphatic carbocycles. The summed E-state index contributed by atoms with van der Waals surface area (Å²) < 4.78 is 4.88. The molecule has 1 amide bonds. The van der Waals surface area contributed by atoms with Crippen LogP contribution in [-0.4, -0.2) is 36.0 Å². The lowest BCUT2D eigenvalue weighted by Gasteiger charge is -2.21. The van der Waals surface area contributed by atoms with Crippen LogP contribution in [0.5, 0.6) is 0 Å². The van der Waals surface area contributed by atoms with Crippen molar-refractivity contribution >= 4 is 11.9 Å². The fourth-order valence-electron chi connectivity index (χ4n) is 1.81. The van der Waals surface area contributed by atoms with Gasteiger partial charge < -0.3 is 9.64 Å². The van der Waals surface area contributed by atoms with E-state index in [1.165, 1.54) is 0 Å². The van der Waals surface area contributed by atoms with Crippen molar-refractivity contribution in [2.75, 3.05) is 13.2 Å². The second kappa shape index (κ2) is 7.30. The molecule has 0 heterocycles. The molecule has 0 bridgehead atoms. The summed E-state index contributed by atoms with van der Waals surface area (Å²) in [5.74, 6) is -0.0138. The first kappa shape index (κ1) is 14.0. The van der Waals surface area contributed by atoms with Gasteiger partial charge in [0.1, 0.15) is 0 Å². The maximum Gasteiger partial charge on any atom is 0.307 e. The Morgan fingerprint density at radius 3 is 2.47 bits per heavy atom. The van der Waals surface area contributed by atoms with Gasteiger partial charge in [-0.25, -0.2) is 0 Å². The third-order valence-corrected chi connectivity index (χ3v) is 2.91. The van der Waals surface area contributed by atoms with Crippen LogP contribution >= 0.6 is 0 Å². The van der Waals surface area contributed by atoms with Crippen molar-refractivity contribution in [3.05, 3.63) is 0 Å². The van der Waals surface area contributed by atoms with Crippen molar-refractivity contribution in [1.29, 1.82) is 0 Å². The highest BCUT2D eigenvalue weighted by molar-refractivity contribution is 5.78. The lowest BCUT2D eigenvalue weighted by molar-refractivity contribution is -0.144. The molecule has 1 aliphatic rings. The number of carbonyl (C=O) groups excluding carboxylic acids is 2. The van der Waals surface area contributed by atoms with E-state index in [0.717, 1.165) is 25.7 Å². The van der Waals surface area contributed by atoms with E-state index in [9.17, 15) is 9.59 Å². The molecule has 1 fully saturated rings. The molecular weight excluding hydrogens is 218 g/mol. The van der Waals surface area contributed by atoms with Crippen molar-refractivity contribution in [3.63, 3.8) is 0 Å². The van der Waals surface area contributed by atoms with E-state index in [0.29, 0.717) is 32.0 Å². The highest BCUT2D eigenvalue weighted by Crippen LogP contribution is 2.27. The van der Waals surface area contributed by atoms with Crippen LogP contribution in [0.25, 0.3) is 0 Å². The fourth-order valence-corrected chi connectivity index (χ4v) is 1.81. The van der Waals surface area contributed by atoms with Crippen molar-refractivity contribution in [1.82, 2.24) is 4.90 Å². The van der Waals surface area contributed by atoms with Gasteiger partial charge in [-0.15, -0.1) is 0 Å². The molecule has 0 aromatic carbocycles. The van der Waals surface area contributed by atoms with Crippen LogP contribution in [0.15, 0.2) is 0 Å². The lowest BCUT2D eigenvalue weighted by Crippen LogP contribution is -2.35. The molecule has 98 valence electrons. The number of ether oxygens (including phenoxy) is 1. The Hall–Kier alpha value is -1.06. The summed E-state index contributed by atoms with van der Waals surface area (Å²) in [5, 5.41) is 0. The molecule has 1 rings (SSSR count). The van der Waals surface area contributed by atoms with Gasteiger partial charge in [-0.2, -0.15) is 0 Å². The van der Waals surface area contributed by atoms with E-state index in [-0.39, 0.29) is 11.9 Å². The predicted molar refractivity (Wildman–Crippen MR) is 65.5 cm³/mol. The van der Waals surface area contributed by atoms with Crippen LogP contribution < -0.4 is 0 Å². The van der Waals surface area contributed by atoms with Gasteiger partial charge >= 0.3 is 5.97 Å². The van der Waals surface area contributed by atoms with Crippen LogP contribution in [0, 0.1) is 0 Å². The second-order valence-corrected chi connectivity index (χ2v) is 4.48. The summed E-state index contributed by atoms with van der Waals surface area (Å²) in [6.07, 6.45) is 5.06. The summed E-state index contributed by atoms with van der Waals surface area (Å²) in [4.78, 5) is 25.1. The molecule has 4 nitrogen and oxygen atoms in total. The molecule has 0 aromatic rings. The Morgan fingerprint density at radius 1 is 1.24 bits per heavy atom. The van der Waals surface area contributed by atoms with Crippen molar-refractivity contribution in [2.24, 2.45) is 0 Å². The molecule has 4 heteroatoms. The number of rotatable bonds is 8. The standard InChI is InChI=1S/C13H23NO3/c1-3-5-6-12(15)14(11-7-8-11)10-9-13(16)17-4-2/h11H,3-10H2,1-2H3. The highest BCUT2D eigenvalue weighted by Gasteiger charge is 2.32. The van der Waals surface area contributed by atoms with E-state index in [1.807, 2.05) is 4.90 Å². The van der Waals surface area contributed by atoms with Crippen LogP contribution in [0.4, 0.5) is 0 Å². The molecule has 0 N–H and O–H groups in total. The zero-order valence-corrected chi connectivity index (χ0v) is 10.9. The molecule has 0 aliphatic heterocycles. The normalized spacial score (nSPS) is 14.5. The Bertz CT molecular complexity index is 261.